The third-order valence-electron chi connectivity index (χ3n) is 5.93. The van der Waals surface area contributed by atoms with E-state index in [1.54, 1.807) is 39.8 Å². The largest absolute Gasteiger partial charge is 0.481 e. The fourth-order valence-electron chi connectivity index (χ4n) is 4.55. The summed E-state index contributed by atoms with van der Waals surface area (Å²) in [5, 5.41) is 12.0. The first-order valence-corrected chi connectivity index (χ1v) is 11.7. The first-order valence-electron chi connectivity index (χ1n) is 11.7. The van der Waals surface area contributed by atoms with E-state index in [0.29, 0.717) is 25.2 Å². The summed E-state index contributed by atoms with van der Waals surface area (Å²) < 4.78 is 33.7. The molecular formula is C27H34F2N2O4. The number of rotatable bonds is 7. The number of benzene rings is 2. The zero-order chi connectivity index (χ0) is 26.1. The molecule has 190 valence electrons. The number of nitrogens with zero attached hydrogens (tertiary/aromatic N) is 1. The Morgan fingerprint density at radius 3 is 2.23 bits per heavy atom. The smallest absolute Gasteiger partial charge is 0.408 e. The minimum Gasteiger partial charge on any atom is -0.481 e. The highest BCUT2D eigenvalue weighted by atomic mass is 19.1. The molecule has 1 heterocycles. The predicted molar refractivity (Wildman–Crippen MR) is 131 cm³/mol. The number of aliphatic carboxylic acids is 1. The van der Waals surface area contributed by atoms with Crippen molar-refractivity contribution in [3.8, 4) is 11.1 Å². The van der Waals surface area contributed by atoms with Crippen molar-refractivity contribution in [3.63, 3.8) is 0 Å². The molecule has 35 heavy (non-hydrogen) atoms. The monoisotopic (exact) mass is 488 g/mol. The summed E-state index contributed by atoms with van der Waals surface area (Å²) in [4.78, 5) is 26.0. The molecule has 8 heteroatoms. The Balaban J connectivity index is 1.97. The number of hydrogen-bond donors (Lipinski definition) is 2. The van der Waals surface area contributed by atoms with E-state index in [1.807, 2.05) is 30.9 Å². The van der Waals surface area contributed by atoms with Gasteiger partial charge in [0.05, 0.1) is 12.5 Å². The van der Waals surface area contributed by atoms with Crippen LogP contribution in [0.1, 0.15) is 61.1 Å². The molecule has 0 saturated carbocycles. The molecule has 1 aliphatic heterocycles. The van der Waals surface area contributed by atoms with E-state index >= 15 is 4.39 Å². The van der Waals surface area contributed by atoms with Gasteiger partial charge in [-0.25, -0.2) is 13.6 Å². The van der Waals surface area contributed by atoms with Crippen LogP contribution in [0.3, 0.4) is 0 Å². The lowest BCUT2D eigenvalue weighted by molar-refractivity contribution is -0.137. The summed E-state index contributed by atoms with van der Waals surface area (Å²) in [5.74, 6) is -1.74. The molecule has 1 amide bonds. The van der Waals surface area contributed by atoms with Crippen molar-refractivity contribution < 1.29 is 28.2 Å². The lowest BCUT2D eigenvalue weighted by Gasteiger charge is -2.34. The van der Waals surface area contributed by atoms with Crippen molar-refractivity contribution >= 4 is 12.1 Å². The Bertz CT molecular complexity index is 1100. The number of carboxylic acids is 1. The number of carbonyl (C=O) groups excluding carboxylic acids is 1. The van der Waals surface area contributed by atoms with Crippen molar-refractivity contribution in [2.24, 2.45) is 0 Å². The van der Waals surface area contributed by atoms with Crippen molar-refractivity contribution in [2.45, 2.75) is 72.3 Å². The minimum atomic E-state index is -1.17. The third kappa shape index (κ3) is 6.78. The molecule has 3 rings (SSSR count). The number of carboxylic acid groups (broad SMARTS) is 1. The maximum atomic E-state index is 15.3. The molecule has 2 N–H and O–H groups in total. The average Bonchev–Trinajstić information content (AvgIpc) is 2.66. The van der Waals surface area contributed by atoms with Crippen LogP contribution in [0, 0.1) is 26.6 Å². The van der Waals surface area contributed by atoms with Crippen LogP contribution in [-0.4, -0.2) is 46.9 Å². The molecule has 2 aromatic rings. The fraction of sp³-hybridized carbons (Fsp3) is 0.481. The number of amides is 1. The van der Waals surface area contributed by atoms with E-state index in [0.717, 1.165) is 27.8 Å². The highest BCUT2D eigenvalue weighted by molar-refractivity contribution is 5.75. The number of likely N-dealkylation sites (tertiary alicyclic amines) is 1. The first-order chi connectivity index (χ1) is 16.2. The number of alkyl carbamates (subject to hydrolysis) is 1. The van der Waals surface area contributed by atoms with Gasteiger partial charge in [0.1, 0.15) is 17.6 Å². The van der Waals surface area contributed by atoms with Gasteiger partial charge in [-0.2, -0.15) is 0 Å². The summed E-state index contributed by atoms with van der Waals surface area (Å²) in [6, 6.07) is 6.30. The van der Waals surface area contributed by atoms with Crippen LogP contribution in [0.25, 0.3) is 11.1 Å². The fourth-order valence-corrected chi connectivity index (χ4v) is 4.55. The number of halogens is 2. The van der Waals surface area contributed by atoms with Crippen LogP contribution in [0.5, 0.6) is 0 Å². The van der Waals surface area contributed by atoms with E-state index < -0.39 is 42.1 Å². The molecular weight excluding hydrogens is 454 g/mol. The Hall–Kier alpha value is -3.00. The highest BCUT2D eigenvalue weighted by Crippen LogP contribution is 2.34. The van der Waals surface area contributed by atoms with E-state index in [9.17, 15) is 19.1 Å². The molecule has 0 spiro atoms. The number of alkyl halides is 1. The van der Waals surface area contributed by atoms with Gasteiger partial charge >= 0.3 is 12.1 Å². The minimum absolute atomic E-state index is 0.0886. The van der Waals surface area contributed by atoms with Crippen LogP contribution >= 0.6 is 0 Å². The number of hydrogen-bond acceptors (Lipinski definition) is 4. The Kier molecular flexibility index (Phi) is 7.84. The van der Waals surface area contributed by atoms with Crippen LogP contribution in [-0.2, 0) is 16.1 Å². The van der Waals surface area contributed by atoms with Crippen molar-refractivity contribution in [1.29, 1.82) is 0 Å². The zero-order valence-corrected chi connectivity index (χ0v) is 21.2. The lowest BCUT2D eigenvalue weighted by atomic mass is 9.89. The molecule has 1 aliphatic rings. The second kappa shape index (κ2) is 10.3. The molecule has 0 aromatic heterocycles. The van der Waals surface area contributed by atoms with Gasteiger partial charge in [-0.1, -0.05) is 12.1 Å². The van der Waals surface area contributed by atoms with Crippen molar-refractivity contribution in [1.82, 2.24) is 10.2 Å². The van der Waals surface area contributed by atoms with Gasteiger partial charge in [0.25, 0.3) is 0 Å². The van der Waals surface area contributed by atoms with Crippen LogP contribution in [0.15, 0.2) is 24.3 Å². The molecule has 2 aromatic carbocycles. The standard InChI is InChI=1S/C27H34F2N2O4/c1-15-7-18(12-31-13-20(28)14-31)8-16(2)24(15)19-9-17(3)25(29)21(10-19)22(11-23(32)33)30-26(34)35-27(4,5)6/h7-10,20,22H,11-14H2,1-6H3,(H,30,34)(H,32,33). The maximum Gasteiger partial charge on any atom is 0.408 e. The summed E-state index contributed by atoms with van der Waals surface area (Å²) in [6.07, 6.45) is -2.07. The Morgan fingerprint density at radius 2 is 1.71 bits per heavy atom. The van der Waals surface area contributed by atoms with Crippen LogP contribution < -0.4 is 5.32 Å². The predicted octanol–water partition coefficient (Wildman–Crippen LogP) is 5.61. The van der Waals surface area contributed by atoms with E-state index in [1.165, 1.54) is 0 Å². The second-order valence-electron chi connectivity index (χ2n) is 10.4. The summed E-state index contributed by atoms with van der Waals surface area (Å²) in [6.45, 7) is 12.2. The molecule has 0 aliphatic carbocycles. The molecule has 1 atom stereocenters. The molecule has 1 fully saturated rings. The first kappa shape index (κ1) is 26.6. The molecule has 6 nitrogen and oxygen atoms in total. The average molecular weight is 489 g/mol. The lowest BCUT2D eigenvalue weighted by Crippen LogP contribution is -2.47. The Morgan fingerprint density at radius 1 is 1.11 bits per heavy atom. The SMILES string of the molecule is Cc1cc(-c2c(C)cc(CN3CC(F)C3)cc2C)cc(C(CC(=O)O)NC(=O)OC(C)(C)C)c1F. The Labute approximate surface area is 205 Å². The second-order valence-corrected chi connectivity index (χ2v) is 10.4. The number of aryl methyl sites for hydroxylation is 3. The van der Waals surface area contributed by atoms with Crippen molar-refractivity contribution in [2.75, 3.05) is 13.1 Å². The molecule has 1 unspecified atom stereocenters. The van der Waals surface area contributed by atoms with Gasteiger partial charge in [0.2, 0.25) is 0 Å². The summed E-state index contributed by atoms with van der Waals surface area (Å²) >= 11 is 0. The quantitative estimate of drug-likeness (QED) is 0.530. The van der Waals surface area contributed by atoms with E-state index in [4.69, 9.17) is 4.74 Å². The van der Waals surface area contributed by atoms with Gasteiger partial charge in [0, 0.05) is 25.2 Å². The van der Waals surface area contributed by atoms with Gasteiger partial charge in [-0.05, 0) is 87.1 Å². The maximum absolute atomic E-state index is 15.3. The number of ether oxygens (including phenoxy) is 1. The van der Waals surface area contributed by atoms with Gasteiger partial charge in [-0.15, -0.1) is 0 Å². The molecule has 1 saturated heterocycles. The van der Waals surface area contributed by atoms with Gasteiger partial charge in [0.15, 0.2) is 0 Å². The van der Waals surface area contributed by atoms with Gasteiger partial charge in [-0.3, -0.25) is 9.69 Å². The third-order valence-corrected chi connectivity index (χ3v) is 5.93. The highest BCUT2D eigenvalue weighted by Gasteiger charge is 2.28. The summed E-state index contributed by atoms with van der Waals surface area (Å²) in [5.41, 5.74) is 4.32. The molecule has 0 bridgehead atoms. The van der Waals surface area contributed by atoms with Gasteiger partial charge < -0.3 is 15.2 Å². The van der Waals surface area contributed by atoms with E-state index in [-0.39, 0.29) is 5.56 Å². The van der Waals surface area contributed by atoms with E-state index in [2.05, 4.69) is 5.32 Å². The normalized spacial score (nSPS) is 15.4. The van der Waals surface area contributed by atoms with Crippen LogP contribution in [0.4, 0.5) is 13.6 Å². The topological polar surface area (TPSA) is 78.9 Å². The summed E-state index contributed by atoms with van der Waals surface area (Å²) in [7, 11) is 0. The molecule has 0 radical (unpaired) electrons. The van der Waals surface area contributed by atoms with Crippen LogP contribution in [0.2, 0.25) is 0 Å². The number of carbonyl (C=O) groups is 2. The number of nitrogens with one attached hydrogen (secondary N) is 1. The zero-order valence-electron chi connectivity index (χ0n) is 21.2. The van der Waals surface area contributed by atoms with Crippen molar-refractivity contribution in [3.05, 3.63) is 57.9 Å².